The van der Waals surface area contributed by atoms with Crippen molar-refractivity contribution in [3.63, 3.8) is 0 Å². The molecule has 0 amide bonds. The van der Waals surface area contributed by atoms with Crippen LogP contribution in [-0.4, -0.2) is 23.8 Å². The molecule has 0 spiro atoms. The summed E-state index contributed by atoms with van der Waals surface area (Å²) >= 11 is 12.2. The van der Waals surface area contributed by atoms with Gasteiger partial charge in [-0.3, -0.25) is 0 Å². The van der Waals surface area contributed by atoms with E-state index in [4.69, 9.17) is 27.9 Å². The Morgan fingerprint density at radius 2 is 1.89 bits per heavy atom. The minimum absolute atomic E-state index is 0.296. The lowest BCUT2D eigenvalue weighted by atomic mass is 10.2. The largest absolute Gasteiger partial charge is 0.379 e. The molecule has 3 nitrogen and oxygen atoms in total. The summed E-state index contributed by atoms with van der Waals surface area (Å²) in [5.41, 5.74) is 3.66. The van der Waals surface area contributed by atoms with Crippen LogP contribution in [0.3, 0.4) is 0 Å². The smallest absolute Gasteiger partial charge is 0.0595 e. The fourth-order valence-electron chi connectivity index (χ4n) is 3.17. The molecule has 0 unspecified atom stereocenters. The van der Waals surface area contributed by atoms with Gasteiger partial charge in [-0.05, 0) is 56.1 Å². The number of aromatic nitrogens is 1. The first-order chi connectivity index (χ1) is 13.0. The predicted molar refractivity (Wildman–Crippen MR) is 115 cm³/mol. The molecular formula is C22H26Cl2N2O. The van der Waals surface area contributed by atoms with Crippen LogP contribution in [0.4, 0.5) is 0 Å². The molecule has 0 radical (unpaired) electrons. The van der Waals surface area contributed by atoms with E-state index in [0.717, 1.165) is 38.2 Å². The van der Waals surface area contributed by atoms with Crippen molar-refractivity contribution in [3.8, 4) is 0 Å². The highest BCUT2D eigenvalue weighted by Crippen LogP contribution is 2.26. The molecule has 2 aromatic carbocycles. The van der Waals surface area contributed by atoms with Gasteiger partial charge in [-0.2, -0.15) is 0 Å². The van der Waals surface area contributed by atoms with Gasteiger partial charge in [0.2, 0.25) is 0 Å². The molecule has 0 saturated carbocycles. The van der Waals surface area contributed by atoms with Gasteiger partial charge in [0, 0.05) is 36.8 Å². The quantitative estimate of drug-likeness (QED) is 0.449. The number of rotatable bonds is 9. The van der Waals surface area contributed by atoms with E-state index in [2.05, 4.69) is 54.2 Å². The van der Waals surface area contributed by atoms with Crippen LogP contribution in [0, 0.1) is 0 Å². The number of hydrogen-bond donors (Lipinski definition) is 1. The van der Waals surface area contributed by atoms with E-state index in [-0.39, 0.29) is 0 Å². The Bertz CT molecular complexity index is 889. The number of fused-ring (bicyclic) bond motifs is 1. The maximum atomic E-state index is 6.17. The van der Waals surface area contributed by atoms with Crippen molar-refractivity contribution < 1.29 is 4.74 Å². The molecule has 144 valence electrons. The van der Waals surface area contributed by atoms with Crippen molar-refractivity contribution in [2.45, 2.75) is 39.5 Å². The van der Waals surface area contributed by atoms with Gasteiger partial charge < -0.3 is 14.6 Å². The van der Waals surface area contributed by atoms with Gasteiger partial charge in [-0.25, -0.2) is 0 Å². The molecule has 0 atom stereocenters. The summed E-state index contributed by atoms with van der Waals surface area (Å²) in [6.45, 7) is 7.48. The zero-order chi connectivity index (χ0) is 19.2. The van der Waals surface area contributed by atoms with E-state index in [1.807, 2.05) is 18.2 Å². The third kappa shape index (κ3) is 5.49. The summed E-state index contributed by atoms with van der Waals surface area (Å²) in [7, 11) is 0. The van der Waals surface area contributed by atoms with E-state index < -0.39 is 0 Å². The van der Waals surface area contributed by atoms with E-state index >= 15 is 0 Å². The summed E-state index contributed by atoms with van der Waals surface area (Å²) in [4.78, 5) is 0. The van der Waals surface area contributed by atoms with Gasteiger partial charge in [0.25, 0.3) is 0 Å². The molecule has 3 aromatic rings. The van der Waals surface area contributed by atoms with Crippen LogP contribution in [0.25, 0.3) is 10.9 Å². The monoisotopic (exact) mass is 404 g/mol. The zero-order valence-corrected chi connectivity index (χ0v) is 17.4. The number of hydrogen-bond acceptors (Lipinski definition) is 2. The topological polar surface area (TPSA) is 26.2 Å². The number of benzene rings is 2. The van der Waals surface area contributed by atoms with E-state index in [1.165, 1.54) is 16.5 Å². The summed E-state index contributed by atoms with van der Waals surface area (Å²) in [5, 5.41) is 5.99. The van der Waals surface area contributed by atoms with Crippen molar-refractivity contribution >= 4 is 34.1 Å². The highest BCUT2D eigenvalue weighted by atomic mass is 35.5. The normalized spacial score (nSPS) is 11.6. The Hall–Kier alpha value is -1.52. The summed E-state index contributed by atoms with van der Waals surface area (Å²) in [6, 6.07) is 14.3. The maximum absolute atomic E-state index is 6.17. The first kappa shape index (κ1) is 20.2. The fraction of sp³-hybridized carbons (Fsp3) is 0.364. The Kier molecular flexibility index (Phi) is 7.20. The molecule has 0 saturated heterocycles. The predicted octanol–water partition coefficient (Wildman–Crippen LogP) is 5.90. The number of nitrogens with zero attached hydrogens (tertiary/aromatic N) is 1. The van der Waals surface area contributed by atoms with Crippen LogP contribution in [-0.2, 0) is 17.8 Å². The van der Waals surface area contributed by atoms with E-state index in [0.29, 0.717) is 16.1 Å². The Labute approximate surface area is 171 Å². The lowest BCUT2D eigenvalue weighted by molar-refractivity contribution is 0.0770. The van der Waals surface area contributed by atoms with E-state index in [9.17, 15) is 0 Å². The van der Waals surface area contributed by atoms with Crippen molar-refractivity contribution in [1.82, 2.24) is 9.88 Å². The van der Waals surface area contributed by atoms with Gasteiger partial charge in [0.15, 0.2) is 0 Å². The van der Waals surface area contributed by atoms with Gasteiger partial charge >= 0.3 is 0 Å². The lowest BCUT2D eigenvalue weighted by Gasteiger charge is -2.08. The average Bonchev–Trinajstić information content (AvgIpc) is 2.99. The van der Waals surface area contributed by atoms with Gasteiger partial charge in [-0.15, -0.1) is 0 Å². The van der Waals surface area contributed by atoms with Crippen LogP contribution in [0.15, 0.2) is 48.7 Å². The van der Waals surface area contributed by atoms with Crippen LogP contribution in [0.2, 0.25) is 10.0 Å². The highest BCUT2D eigenvalue weighted by Gasteiger charge is 2.09. The molecule has 1 aromatic heterocycles. The number of halogens is 2. The first-order valence-corrected chi connectivity index (χ1v) is 10.1. The molecular weight excluding hydrogens is 379 g/mol. The minimum Gasteiger partial charge on any atom is -0.379 e. The summed E-state index contributed by atoms with van der Waals surface area (Å²) < 4.78 is 7.86. The molecule has 0 fully saturated rings. The van der Waals surface area contributed by atoms with E-state index in [1.54, 1.807) is 0 Å². The Morgan fingerprint density at radius 3 is 2.67 bits per heavy atom. The lowest BCUT2D eigenvalue weighted by Crippen LogP contribution is -2.17. The van der Waals surface area contributed by atoms with Crippen molar-refractivity contribution in [3.05, 3.63) is 69.8 Å². The summed E-state index contributed by atoms with van der Waals surface area (Å²) in [5.74, 6) is 0. The first-order valence-electron chi connectivity index (χ1n) is 9.37. The summed E-state index contributed by atoms with van der Waals surface area (Å²) in [6.07, 6.45) is 3.54. The van der Waals surface area contributed by atoms with Crippen LogP contribution >= 0.6 is 23.2 Å². The second-order valence-electron chi connectivity index (χ2n) is 7.00. The molecule has 0 bridgehead atoms. The van der Waals surface area contributed by atoms with Crippen LogP contribution in [0.1, 0.15) is 31.4 Å². The second kappa shape index (κ2) is 9.61. The molecule has 0 aliphatic carbocycles. The van der Waals surface area contributed by atoms with Crippen molar-refractivity contribution in [1.29, 1.82) is 0 Å². The second-order valence-corrected chi connectivity index (χ2v) is 7.81. The van der Waals surface area contributed by atoms with Crippen LogP contribution in [0.5, 0.6) is 0 Å². The highest BCUT2D eigenvalue weighted by molar-refractivity contribution is 6.42. The molecule has 27 heavy (non-hydrogen) atoms. The number of para-hydroxylation sites is 1. The number of ether oxygens (including phenoxy) is 1. The Balaban J connectivity index is 1.69. The maximum Gasteiger partial charge on any atom is 0.0595 e. The molecule has 1 N–H and O–H groups in total. The Morgan fingerprint density at radius 1 is 1.07 bits per heavy atom. The molecule has 5 heteroatoms. The third-order valence-corrected chi connectivity index (χ3v) is 5.21. The molecule has 1 heterocycles. The molecule has 0 aliphatic heterocycles. The van der Waals surface area contributed by atoms with Crippen molar-refractivity contribution in [2.75, 3.05) is 13.2 Å². The van der Waals surface area contributed by atoms with Crippen LogP contribution < -0.4 is 5.32 Å². The minimum atomic E-state index is 0.296. The van der Waals surface area contributed by atoms with Gasteiger partial charge in [-0.1, -0.05) is 47.5 Å². The average molecular weight is 405 g/mol. The number of nitrogens with one attached hydrogen (secondary N) is 1. The zero-order valence-electron chi connectivity index (χ0n) is 15.8. The van der Waals surface area contributed by atoms with Crippen molar-refractivity contribution in [2.24, 2.45) is 0 Å². The van der Waals surface area contributed by atoms with Gasteiger partial charge in [0.1, 0.15) is 0 Å². The molecule has 3 rings (SSSR count). The molecule has 0 aliphatic rings. The third-order valence-electron chi connectivity index (χ3n) is 4.47. The fourth-order valence-corrected chi connectivity index (χ4v) is 3.49. The SMILES string of the molecule is CC(C)OCCCNCc1cn(Cc2ccc(Cl)c(Cl)c2)c2ccccc12. The standard InChI is InChI=1S/C22H26Cl2N2O/c1-16(2)27-11-5-10-25-13-18-15-26(22-7-4-3-6-19(18)22)14-17-8-9-20(23)21(24)12-17/h3-4,6-9,12,15-16,25H,5,10-11,13-14H2,1-2H3. The van der Waals surface area contributed by atoms with Gasteiger partial charge in [0.05, 0.1) is 16.1 Å².